The van der Waals surface area contributed by atoms with Gasteiger partial charge < -0.3 is 10.0 Å². The zero-order chi connectivity index (χ0) is 15.2. The SMILES string of the molecule is CC1(C(=O)O)CCN(C(=O)CC2(CS(C)(=O)=O)CC2)C1. The highest BCUT2D eigenvalue weighted by atomic mass is 32.2. The third-order valence-corrected chi connectivity index (χ3v) is 5.53. The summed E-state index contributed by atoms with van der Waals surface area (Å²) in [4.78, 5) is 25.0. The van der Waals surface area contributed by atoms with Gasteiger partial charge in [0.25, 0.3) is 0 Å². The lowest BCUT2D eigenvalue weighted by Crippen LogP contribution is -2.36. The fourth-order valence-corrected chi connectivity index (χ4v) is 4.39. The monoisotopic (exact) mass is 303 g/mol. The first-order chi connectivity index (χ1) is 9.05. The van der Waals surface area contributed by atoms with E-state index in [2.05, 4.69) is 0 Å². The van der Waals surface area contributed by atoms with Crippen molar-refractivity contribution in [2.45, 2.75) is 32.6 Å². The first kappa shape index (κ1) is 15.3. The molecule has 2 rings (SSSR count). The van der Waals surface area contributed by atoms with E-state index < -0.39 is 26.6 Å². The van der Waals surface area contributed by atoms with E-state index in [1.807, 2.05) is 0 Å². The molecule has 2 fully saturated rings. The minimum atomic E-state index is -3.09. The Hall–Kier alpha value is -1.11. The topological polar surface area (TPSA) is 91.8 Å². The molecule has 1 atom stereocenters. The molecule has 1 aliphatic heterocycles. The number of sulfone groups is 1. The third kappa shape index (κ3) is 3.31. The lowest BCUT2D eigenvalue weighted by molar-refractivity contribution is -0.147. The molecule has 1 N–H and O–H groups in total. The van der Waals surface area contributed by atoms with Crippen LogP contribution < -0.4 is 0 Å². The Labute approximate surface area is 119 Å². The van der Waals surface area contributed by atoms with Gasteiger partial charge in [0.1, 0.15) is 9.84 Å². The normalized spacial score (nSPS) is 28.4. The summed E-state index contributed by atoms with van der Waals surface area (Å²) in [6.45, 7) is 2.30. The van der Waals surface area contributed by atoms with Gasteiger partial charge in [-0.3, -0.25) is 9.59 Å². The summed E-state index contributed by atoms with van der Waals surface area (Å²) in [5, 5.41) is 9.15. The van der Waals surface area contributed by atoms with Crippen molar-refractivity contribution >= 4 is 21.7 Å². The van der Waals surface area contributed by atoms with Gasteiger partial charge in [-0.15, -0.1) is 0 Å². The van der Waals surface area contributed by atoms with Gasteiger partial charge in [0.15, 0.2) is 0 Å². The van der Waals surface area contributed by atoms with Crippen LogP contribution in [-0.4, -0.2) is 55.4 Å². The fourth-order valence-electron chi connectivity index (χ4n) is 2.89. The van der Waals surface area contributed by atoms with E-state index in [0.717, 1.165) is 12.8 Å². The largest absolute Gasteiger partial charge is 0.481 e. The van der Waals surface area contributed by atoms with Crippen molar-refractivity contribution in [3.05, 3.63) is 0 Å². The summed E-state index contributed by atoms with van der Waals surface area (Å²) >= 11 is 0. The van der Waals surface area contributed by atoms with E-state index >= 15 is 0 Å². The first-order valence-electron chi connectivity index (χ1n) is 6.74. The Bertz CT molecular complexity index is 537. The fraction of sp³-hybridized carbons (Fsp3) is 0.846. The zero-order valence-corrected chi connectivity index (χ0v) is 12.7. The third-order valence-electron chi connectivity index (χ3n) is 4.39. The maximum Gasteiger partial charge on any atom is 0.311 e. The molecule has 0 aromatic carbocycles. The molecule has 1 unspecified atom stereocenters. The quantitative estimate of drug-likeness (QED) is 0.799. The molecule has 0 aromatic rings. The summed E-state index contributed by atoms with van der Waals surface area (Å²) in [5.74, 6) is -0.948. The molecule has 0 aromatic heterocycles. The molecule has 1 amide bonds. The van der Waals surface area contributed by atoms with Crippen LogP contribution in [0.1, 0.15) is 32.6 Å². The number of rotatable bonds is 5. The second-order valence-corrected chi connectivity index (χ2v) is 8.82. The molecular weight excluding hydrogens is 282 g/mol. The van der Waals surface area contributed by atoms with E-state index in [1.165, 1.54) is 6.26 Å². The van der Waals surface area contributed by atoms with Crippen LogP contribution >= 0.6 is 0 Å². The molecule has 1 saturated carbocycles. The first-order valence-corrected chi connectivity index (χ1v) is 8.80. The minimum Gasteiger partial charge on any atom is -0.481 e. The number of aliphatic carboxylic acids is 1. The second kappa shape index (κ2) is 4.72. The molecule has 0 bridgehead atoms. The number of carboxylic acid groups (broad SMARTS) is 1. The lowest BCUT2D eigenvalue weighted by Gasteiger charge is -2.22. The van der Waals surface area contributed by atoms with Gasteiger partial charge in [-0.2, -0.15) is 0 Å². The summed E-state index contributed by atoms with van der Waals surface area (Å²) < 4.78 is 22.8. The van der Waals surface area contributed by atoms with Gasteiger partial charge in [-0.05, 0) is 31.6 Å². The van der Waals surface area contributed by atoms with E-state index in [1.54, 1.807) is 11.8 Å². The second-order valence-electron chi connectivity index (χ2n) is 6.68. The summed E-state index contributed by atoms with van der Waals surface area (Å²) in [6, 6.07) is 0. The van der Waals surface area contributed by atoms with Crippen molar-refractivity contribution in [1.82, 2.24) is 4.90 Å². The molecule has 1 heterocycles. The number of hydrogen-bond acceptors (Lipinski definition) is 4. The lowest BCUT2D eigenvalue weighted by atomic mass is 9.90. The van der Waals surface area contributed by atoms with Crippen LogP contribution in [-0.2, 0) is 19.4 Å². The molecule has 6 nitrogen and oxygen atoms in total. The molecule has 1 saturated heterocycles. The maximum absolute atomic E-state index is 12.2. The standard InChI is InChI=1S/C13H21NO5S/c1-12(11(16)17)5-6-14(8-12)10(15)7-13(3-4-13)9-20(2,18)19/h3-9H2,1-2H3,(H,16,17). The predicted octanol–water partition coefficient (Wildman–Crippen LogP) is 0.524. The predicted molar refractivity (Wildman–Crippen MR) is 72.9 cm³/mol. The number of likely N-dealkylation sites (tertiary alicyclic amines) is 1. The van der Waals surface area contributed by atoms with E-state index in [4.69, 9.17) is 5.11 Å². The van der Waals surface area contributed by atoms with E-state index in [-0.39, 0.29) is 24.6 Å². The number of carboxylic acids is 1. The van der Waals surface area contributed by atoms with Gasteiger partial charge in [0.2, 0.25) is 5.91 Å². The van der Waals surface area contributed by atoms with Crippen molar-refractivity contribution in [3.63, 3.8) is 0 Å². The van der Waals surface area contributed by atoms with Gasteiger partial charge >= 0.3 is 5.97 Å². The van der Waals surface area contributed by atoms with Crippen LogP contribution in [0, 0.1) is 10.8 Å². The molecule has 2 aliphatic rings. The molecule has 1 aliphatic carbocycles. The van der Waals surface area contributed by atoms with Crippen molar-refractivity contribution in [2.75, 3.05) is 25.1 Å². The number of hydrogen-bond donors (Lipinski definition) is 1. The highest BCUT2D eigenvalue weighted by Gasteiger charge is 2.49. The van der Waals surface area contributed by atoms with Crippen molar-refractivity contribution in [1.29, 1.82) is 0 Å². The van der Waals surface area contributed by atoms with Crippen molar-refractivity contribution in [3.8, 4) is 0 Å². The van der Waals surface area contributed by atoms with Crippen molar-refractivity contribution < 1.29 is 23.1 Å². The maximum atomic E-state index is 12.2. The highest BCUT2D eigenvalue weighted by Crippen LogP contribution is 2.50. The van der Waals surface area contributed by atoms with Crippen LogP contribution in [0.4, 0.5) is 0 Å². The zero-order valence-electron chi connectivity index (χ0n) is 11.9. The summed E-state index contributed by atoms with van der Waals surface area (Å²) in [5.41, 5.74) is -1.27. The molecule has 20 heavy (non-hydrogen) atoms. The smallest absolute Gasteiger partial charge is 0.311 e. The summed E-state index contributed by atoms with van der Waals surface area (Å²) in [7, 11) is -3.09. The van der Waals surface area contributed by atoms with Crippen LogP contribution in [0.25, 0.3) is 0 Å². The number of amides is 1. The number of carbonyl (C=O) groups excluding carboxylic acids is 1. The van der Waals surface area contributed by atoms with Crippen LogP contribution in [0.2, 0.25) is 0 Å². The van der Waals surface area contributed by atoms with Gasteiger partial charge in [0, 0.05) is 25.8 Å². The summed E-state index contributed by atoms with van der Waals surface area (Å²) in [6.07, 6.45) is 3.38. The average Bonchev–Trinajstić information content (AvgIpc) is 2.87. The van der Waals surface area contributed by atoms with E-state index in [0.29, 0.717) is 13.0 Å². The Kier molecular flexibility index (Phi) is 3.60. The van der Waals surface area contributed by atoms with Gasteiger partial charge in [0.05, 0.1) is 11.2 Å². The Morgan fingerprint density at radius 2 is 1.85 bits per heavy atom. The van der Waals surface area contributed by atoms with Gasteiger partial charge in [-0.25, -0.2) is 8.42 Å². The average molecular weight is 303 g/mol. The van der Waals surface area contributed by atoms with Crippen molar-refractivity contribution in [2.24, 2.45) is 10.8 Å². The Morgan fingerprint density at radius 1 is 1.25 bits per heavy atom. The highest BCUT2D eigenvalue weighted by molar-refractivity contribution is 7.90. The van der Waals surface area contributed by atoms with E-state index in [9.17, 15) is 18.0 Å². The Morgan fingerprint density at radius 3 is 2.25 bits per heavy atom. The van der Waals surface area contributed by atoms with Crippen LogP contribution in [0.5, 0.6) is 0 Å². The molecule has 0 radical (unpaired) electrons. The molecule has 114 valence electrons. The Balaban J connectivity index is 1.96. The van der Waals surface area contributed by atoms with Gasteiger partial charge in [-0.1, -0.05) is 0 Å². The van der Waals surface area contributed by atoms with Crippen LogP contribution in [0.3, 0.4) is 0 Å². The number of carbonyl (C=O) groups is 2. The molecule has 7 heteroatoms. The number of nitrogens with zero attached hydrogens (tertiary/aromatic N) is 1. The minimum absolute atomic E-state index is 0.0514. The molecular formula is C13H21NO5S. The molecule has 0 spiro atoms. The van der Waals surface area contributed by atoms with Crippen LogP contribution in [0.15, 0.2) is 0 Å².